The summed E-state index contributed by atoms with van der Waals surface area (Å²) < 4.78 is 9.61. The monoisotopic (exact) mass is 211 g/mol. The number of Topliss-reactive ketones (excluding diaryl/α,β-unsaturated/α-hetero) is 1. The van der Waals surface area contributed by atoms with Crippen LogP contribution in [0.3, 0.4) is 0 Å². The van der Waals surface area contributed by atoms with E-state index in [2.05, 4.69) is 4.37 Å². The highest BCUT2D eigenvalue weighted by molar-refractivity contribution is 7.08. The normalized spacial score (nSPS) is 26.7. The Morgan fingerprint density at radius 2 is 2.43 bits per heavy atom. The van der Waals surface area contributed by atoms with E-state index in [9.17, 15) is 4.79 Å². The standard InChI is InChI=1S/C10H13NO2S/c1-6-5-9(14-11-6)10(12)8-4-3-7(2)13-8/h5,7-8H,3-4H2,1-2H3. The highest BCUT2D eigenvalue weighted by Gasteiger charge is 2.29. The van der Waals surface area contributed by atoms with Gasteiger partial charge in [-0.1, -0.05) is 0 Å². The van der Waals surface area contributed by atoms with Gasteiger partial charge in [-0.25, -0.2) is 0 Å². The molecule has 3 nitrogen and oxygen atoms in total. The average Bonchev–Trinajstić information content (AvgIpc) is 2.73. The molecule has 1 aromatic heterocycles. The molecule has 0 saturated carbocycles. The molecule has 14 heavy (non-hydrogen) atoms. The zero-order chi connectivity index (χ0) is 10.1. The maximum absolute atomic E-state index is 11.9. The van der Waals surface area contributed by atoms with Crippen LogP contribution < -0.4 is 0 Å². The van der Waals surface area contributed by atoms with E-state index in [1.807, 2.05) is 19.9 Å². The first-order valence-corrected chi connectivity index (χ1v) is 5.57. The van der Waals surface area contributed by atoms with Crippen LogP contribution in [-0.4, -0.2) is 22.4 Å². The molecule has 0 amide bonds. The van der Waals surface area contributed by atoms with Crippen molar-refractivity contribution in [2.75, 3.05) is 0 Å². The minimum Gasteiger partial charge on any atom is -0.367 e. The molecule has 1 aromatic rings. The third kappa shape index (κ3) is 1.86. The largest absolute Gasteiger partial charge is 0.367 e. The topological polar surface area (TPSA) is 39.2 Å². The van der Waals surface area contributed by atoms with E-state index >= 15 is 0 Å². The van der Waals surface area contributed by atoms with Gasteiger partial charge in [-0.05, 0) is 44.3 Å². The number of carbonyl (C=O) groups is 1. The number of rotatable bonds is 2. The summed E-state index contributed by atoms with van der Waals surface area (Å²) in [5.41, 5.74) is 0.907. The van der Waals surface area contributed by atoms with Crippen molar-refractivity contribution in [2.45, 2.75) is 38.9 Å². The molecular weight excluding hydrogens is 198 g/mol. The molecule has 0 bridgehead atoms. The summed E-state index contributed by atoms with van der Waals surface area (Å²) in [6.07, 6.45) is 1.81. The van der Waals surface area contributed by atoms with E-state index in [0.29, 0.717) is 0 Å². The van der Waals surface area contributed by atoms with Gasteiger partial charge in [0.15, 0.2) is 0 Å². The third-order valence-corrected chi connectivity index (χ3v) is 3.29. The lowest BCUT2D eigenvalue weighted by Gasteiger charge is -2.07. The van der Waals surface area contributed by atoms with Gasteiger partial charge >= 0.3 is 0 Å². The second-order valence-electron chi connectivity index (χ2n) is 3.71. The first-order chi connectivity index (χ1) is 6.66. The number of ether oxygens (including phenoxy) is 1. The van der Waals surface area contributed by atoms with Crippen LogP contribution in [0.25, 0.3) is 0 Å². The van der Waals surface area contributed by atoms with Gasteiger partial charge in [0.05, 0.1) is 16.7 Å². The molecule has 0 aromatic carbocycles. The van der Waals surface area contributed by atoms with Gasteiger partial charge in [-0.2, -0.15) is 4.37 Å². The molecule has 1 saturated heterocycles. The minimum absolute atomic E-state index is 0.0972. The van der Waals surface area contributed by atoms with Crippen LogP contribution in [0, 0.1) is 6.92 Å². The number of ketones is 1. The first kappa shape index (κ1) is 9.80. The van der Waals surface area contributed by atoms with Gasteiger partial charge in [-0.15, -0.1) is 0 Å². The summed E-state index contributed by atoms with van der Waals surface area (Å²) in [4.78, 5) is 12.6. The fraction of sp³-hybridized carbons (Fsp3) is 0.600. The van der Waals surface area contributed by atoms with Crippen LogP contribution in [0.5, 0.6) is 0 Å². The zero-order valence-electron chi connectivity index (χ0n) is 8.32. The second kappa shape index (κ2) is 3.79. The Morgan fingerprint density at radius 1 is 1.64 bits per heavy atom. The number of hydrogen-bond acceptors (Lipinski definition) is 4. The smallest absolute Gasteiger partial charge is 0.203 e. The van der Waals surface area contributed by atoms with E-state index in [0.717, 1.165) is 23.4 Å². The number of aromatic nitrogens is 1. The molecule has 0 N–H and O–H groups in total. The highest BCUT2D eigenvalue weighted by atomic mass is 32.1. The van der Waals surface area contributed by atoms with Crippen LogP contribution in [-0.2, 0) is 4.74 Å². The molecule has 0 aliphatic carbocycles. The van der Waals surface area contributed by atoms with Crippen molar-refractivity contribution in [3.8, 4) is 0 Å². The second-order valence-corrected chi connectivity index (χ2v) is 4.51. The molecule has 0 radical (unpaired) electrons. The molecule has 2 atom stereocenters. The quantitative estimate of drug-likeness (QED) is 0.704. The molecule has 76 valence electrons. The number of aryl methyl sites for hydroxylation is 1. The van der Waals surface area contributed by atoms with E-state index < -0.39 is 0 Å². The molecule has 4 heteroatoms. The summed E-state index contributed by atoms with van der Waals surface area (Å²) in [5, 5.41) is 0. The van der Waals surface area contributed by atoms with Crippen molar-refractivity contribution < 1.29 is 9.53 Å². The van der Waals surface area contributed by atoms with Crippen LogP contribution in [0.1, 0.15) is 35.1 Å². The fourth-order valence-electron chi connectivity index (χ4n) is 1.63. The van der Waals surface area contributed by atoms with Gasteiger partial charge in [0.1, 0.15) is 6.10 Å². The maximum atomic E-state index is 11.9. The lowest BCUT2D eigenvalue weighted by atomic mass is 10.1. The SMILES string of the molecule is Cc1cc(C(=O)C2CCC(C)O2)sn1. The van der Waals surface area contributed by atoms with E-state index in [1.165, 1.54) is 11.5 Å². The zero-order valence-corrected chi connectivity index (χ0v) is 9.13. The minimum atomic E-state index is -0.232. The maximum Gasteiger partial charge on any atom is 0.203 e. The van der Waals surface area contributed by atoms with Gasteiger partial charge in [-0.3, -0.25) is 4.79 Å². The van der Waals surface area contributed by atoms with E-state index in [1.54, 1.807) is 0 Å². The van der Waals surface area contributed by atoms with Crippen LogP contribution >= 0.6 is 11.5 Å². The highest BCUT2D eigenvalue weighted by Crippen LogP contribution is 2.24. The van der Waals surface area contributed by atoms with Gasteiger partial charge in [0.25, 0.3) is 0 Å². The molecule has 1 aliphatic rings. The van der Waals surface area contributed by atoms with E-state index in [-0.39, 0.29) is 18.0 Å². The van der Waals surface area contributed by atoms with Gasteiger partial charge in [0.2, 0.25) is 5.78 Å². The average molecular weight is 211 g/mol. The van der Waals surface area contributed by atoms with Gasteiger partial charge in [0, 0.05) is 0 Å². The summed E-state index contributed by atoms with van der Waals surface area (Å²) in [6, 6.07) is 1.83. The van der Waals surface area contributed by atoms with Crippen LogP contribution in [0.15, 0.2) is 6.07 Å². The molecule has 1 fully saturated rings. The summed E-state index contributed by atoms with van der Waals surface area (Å²) in [6.45, 7) is 3.90. The first-order valence-electron chi connectivity index (χ1n) is 4.80. The van der Waals surface area contributed by atoms with Crippen LogP contribution in [0.4, 0.5) is 0 Å². The lowest BCUT2D eigenvalue weighted by molar-refractivity contribution is 0.0437. The van der Waals surface area contributed by atoms with Crippen molar-refractivity contribution >= 4 is 17.3 Å². The Labute approximate surface area is 87.3 Å². The summed E-state index contributed by atoms with van der Waals surface area (Å²) in [7, 11) is 0. The Kier molecular flexibility index (Phi) is 2.65. The number of nitrogens with zero attached hydrogens (tertiary/aromatic N) is 1. The molecule has 0 spiro atoms. The Morgan fingerprint density at radius 3 is 2.93 bits per heavy atom. The number of carbonyl (C=O) groups excluding carboxylic acids is 1. The summed E-state index contributed by atoms with van der Waals surface area (Å²) >= 11 is 1.27. The van der Waals surface area contributed by atoms with Crippen LogP contribution in [0.2, 0.25) is 0 Å². The van der Waals surface area contributed by atoms with Gasteiger partial charge < -0.3 is 4.74 Å². The molecular formula is C10H13NO2S. The van der Waals surface area contributed by atoms with Crippen molar-refractivity contribution in [3.63, 3.8) is 0 Å². The predicted octanol–water partition coefficient (Wildman–Crippen LogP) is 2.20. The Balaban J connectivity index is 2.09. The van der Waals surface area contributed by atoms with Crippen molar-refractivity contribution in [2.24, 2.45) is 0 Å². The molecule has 2 rings (SSSR count). The molecule has 2 heterocycles. The predicted molar refractivity (Wildman–Crippen MR) is 54.8 cm³/mol. The summed E-state index contributed by atoms with van der Waals surface area (Å²) in [5.74, 6) is 0.0972. The van der Waals surface area contributed by atoms with E-state index in [4.69, 9.17) is 4.74 Å². The fourth-order valence-corrected chi connectivity index (χ4v) is 2.37. The molecule has 1 aliphatic heterocycles. The van der Waals surface area contributed by atoms with Crippen molar-refractivity contribution in [3.05, 3.63) is 16.6 Å². The third-order valence-electron chi connectivity index (χ3n) is 2.40. The Bertz CT molecular complexity index is 348. The number of hydrogen-bond donors (Lipinski definition) is 0. The van der Waals surface area contributed by atoms with Crippen molar-refractivity contribution in [1.82, 2.24) is 4.37 Å². The lowest BCUT2D eigenvalue weighted by Crippen LogP contribution is -2.19. The van der Waals surface area contributed by atoms with Crippen molar-refractivity contribution in [1.29, 1.82) is 0 Å². The Hall–Kier alpha value is -0.740. The molecule has 2 unspecified atom stereocenters.